The molecule has 0 aliphatic heterocycles. The second-order valence-corrected chi connectivity index (χ2v) is 8.50. The van der Waals surface area contributed by atoms with Gasteiger partial charge in [0.25, 0.3) is 15.3 Å². The van der Waals surface area contributed by atoms with Crippen molar-refractivity contribution in [1.82, 2.24) is 4.90 Å². The van der Waals surface area contributed by atoms with Crippen LogP contribution in [0.4, 0.5) is 10.5 Å². The molecular weight excluding hydrogens is 356 g/mol. The summed E-state index contributed by atoms with van der Waals surface area (Å²) in [5, 5.41) is -0.119. The largest absolute Gasteiger partial charge is 0.339 e. The number of anilines is 1. The molecule has 0 fully saturated rings. The van der Waals surface area contributed by atoms with Gasteiger partial charge in [0, 0.05) is 24.7 Å². The van der Waals surface area contributed by atoms with Gasteiger partial charge in [0.05, 0.1) is 4.90 Å². The number of aryl methyl sites for hydroxylation is 1. The fraction of sp³-hybridized carbons (Fsp3) is 0.278. The highest BCUT2D eigenvalue weighted by Gasteiger charge is 2.15. The second kappa shape index (κ2) is 8.40. The molecule has 0 aromatic heterocycles. The number of rotatable bonds is 6. The summed E-state index contributed by atoms with van der Waals surface area (Å²) in [5.74, 6) is 0. The van der Waals surface area contributed by atoms with Crippen molar-refractivity contribution in [3.8, 4) is 0 Å². The third-order valence-corrected chi connectivity index (χ3v) is 5.86. The number of hydrogen-bond acceptors (Lipinski definition) is 4. The van der Waals surface area contributed by atoms with Crippen LogP contribution in [0.25, 0.3) is 0 Å². The molecule has 0 aliphatic rings. The molecule has 2 aromatic rings. The molecule has 134 valence electrons. The quantitative estimate of drug-likeness (QED) is 0.765. The molecule has 0 saturated carbocycles. The van der Waals surface area contributed by atoms with E-state index in [1.807, 2.05) is 12.1 Å². The Morgan fingerprint density at radius 2 is 1.80 bits per heavy atom. The second-order valence-electron chi connectivity index (χ2n) is 5.79. The lowest BCUT2D eigenvalue weighted by Gasteiger charge is -2.11. The van der Waals surface area contributed by atoms with Gasteiger partial charge in [-0.3, -0.25) is 9.52 Å². The molecule has 1 N–H and O–H groups in total. The van der Waals surface area contributed by atoms with Gasteiger partial charge in [-0.2, -0.15) is 0 Å². The number of sulfonamides is 1. The molecule has 2 rings (SSSR count). The van der Waals surface area contributed by atoms with E-state index < -0.39 is 10.0 Å². The summed E-state index contributed by atoms with van der Waals surface area (Å²) in [7, 11) is -0.320. The van der Waals surface area contributed by atoms with Crippen LogP contribution < -0.4 is 4.72 Å². The minimum absolute atomic E-state index is 0.119. The highest BCUT2D eigenvalue weighted by molar-refractivity contribution is 8.13. The van der Waals surface area contributed by atoms with E-state index in [0.29, 0.717) is 10.6 Å². The van der Waals surface area contributed by atoms with E-state index in [1.54, 1.807) is 50.5 Å². The zero-order valence-corrected chi connectivity index (χ0v) is 16.2. The Morgan fingerprint density at radius 3 is 2.40 bits per heavy atom. The fourth-order valence-corrected chi connectivity index (χ4v) is 3.92. The van der Waals surface area contributed by atoms with Crippen LogP contribution in [0, 0.1) is 0 Å². The van der Waals surface area contributed by atoms with Crippen LogP contribution in [0.2, 0.25) is 0 Å². The molecule has 0 saturated heterocycles. The van der Waals surface area contributed by atoms with Crippen molar-refractivity contribution in [3.63, 3.8) is 0 Å². The van der Waals surface area contributed by atoms with Crippen molar-refractivity contribution in [3.05, 3.63) is 54.1 Å². The first-order chi connectivity index (χ1) is 11.8. The van der Waals surface area contributed by atoms with Gasteiger partial charge in [-0.25, -0.2) is 8.42 Å². The van der Waals surface area contributed by atoms with E-state index in [-0.39, 0.29) is 10.1 Å². The highest BCUT2D eigenvalue weighted by atomic mass is 32.2. The molecule has 0 atom stereocenters. The van der Waals surface area contributed by atoms with E-state index in [0.717, 1.165) is 30.2 Å². The van der Waals surface area contributed by atoms with Gasteiger partial charge in [0.1, 0.15) is 0 Å². The summed E-state index contributed by atoms with van der Waals surface area (Å²) in [6, 6.07) is 13.7. The smallest absolute Gasteiger partial charge is 0.285 e. The number of thioether (sulfide) groups is 1. The fourth-order valence-electron chi connectivity index (χ4n) is 2.15. The predicted molar refractivity (Wildman–Crippen MR) is 103 cm³/mol. The van der Waals surface area contributed by atoms with Crippen molar-refractivity contribution >= 4 is 32.7 Å². The normalized spacial score (nSPS) is 11.2. The zero-order chi connectivity index (χ0) is 18.4. The lowest BCUT2D eigenvalue weighted by atomic mass is 10.1. The molecule has 0 heterocycles. The van der Waals surface area contributed by atoms with Crippen LogP contribution in [-0.4, -0.2) is 32.7 Å². The molecule has 0 aliphatic carbocycles. The van der Waals surface area contributed by atoms with Crippen LogP contribution in [0.5, 0.6) is 0 Å². The number of nitrogens with zero attached hydrogens (tertiary/aromatic N) is 1. The number of amides is 1. The predicted octanol–water partition coefficient (Wildman–Crippen LogP) is 4.21. The molecule has 0 spiro atoms. The maximum absolute atomic E-state index is 12.5. The molecule has 2 aromatic carbocycles. The molecule has 0 bridgehead atoms. The van der Waals surface area contributed by atoms with E-state index in [2.05, 4.69) is 11.6 Å². The number of hydrogen-bond donors (Lipinski definition) is 1. The molecule has 1 amide bonds. The number of carbonyl (C=O) groups excluding carboxylic acids is 1. The van der Waals surface area contributed by atoms with Gasteiger partial charge in [-0.1, -0.05) is 31.5 Å². The Morgan fingerprint density at radius 1 is 1.12 bits per heavy atom. The Balaban J connectivity index is 2.16. The first-order valence-electron chi connectivity index (χ1n) is 7.93. The Kier molecular flexibility index (Phi) is 6.50. The highest BCUT2D eigenvalue weighted by Crippen LogP contribution is 2.25. The molecule has 7 heteroatoms. The van der Waals surface area contributed by atoms with Gasteiger partial charge in [0.2, 0.25) is 0 Å². The van der Waals surface area contributed by atoms with Crippen LogP contribution in [-0.2, 0) is 16.4 Å². The van der Waals surface area contributed by atoms with Crippen molar-refractivity contribution in [2.45, 2.75) is 29.6 Å². The Hall–Kier alpha value is -1.99. The van der Waals surface area contributed by atoms with Crippen LogP contribution in [0.1, 0.15) is 18.9 Å². The summed E-state index contributed by atoms with van der Waals surface area (Å²) in [6.07, 6.45) is 1.94. The Bertz CT molecular complexity index is 832. The minimum Gasteiger partial charge on any atom is -0.339 e. The van der Waals surface area contributed by atoms with Crippen molar-refractivity contribution in [2.75, 3.05) is 18.8 Å². The van der Waals surface area contributed by atoms with E-state index in [9.17, 15) is 13.2 Å². The van der Waals surface area contributed by atoms with E-state index >= 15 is 0 Å². The van der Waals surface area contributed by atoms with Crippen molar-refractivity contribution in [2.24, 2.45) is 0 Å². The number of benzene rings is 2. The van der Waals surface area contributed by atoms with Gasteiger partial charge in [-0.15, -0.1) is 0 Å². The van der Waals surface area contributed by atoms with Gasteiger partial charge < -0.3 is 4.90 Å². The van der Waals surface area contributed by atoms with Crippen molar-refractivity contribution < 1.29 is 13.2 Å². The third-order valence-electron chi connectivity index (χ3n) is 3.43. The van der Waals surface area contributed by atoms with Gasteiger partial charge >= 0.3 is 0 Å². The summed E-state index contributed by atoms with van der Waals surface area (Å²) in [6.45, 7) is 2.08. The zero-order valence-electron chi connectivity index (χ0n) is 14.5. The van der Waals surface area contributed by atoms with Crippen LogP contribution in [0.3, 0.4) is 0 Å². The summed E-state index contributed by atoms with van der Waals surface area (Å²) >= 11 is 1.05. The lowest BCUT2D eigenvalue weighted by molar-refractivity contribution is 0.241. The van der Waals surface area contributed by atoms with Crippen LogP contribution >= 0.6 is 11.8 Å². The molecule has 0 unspecified atom stereocenters. The first-order valence-corrected chi connectivity index (χ1v) is 10.2. The van der Waals surface area contributed by atoms with Crippen LogP contribution in [0.15, 0.2) is 58.3 Å². The number of carbonyl (C=O) groups is 1. The molecular formula is C18H22N2O3S2. The van der Waals surface area contributed by atoms with Crippen molar-refractivity contribution in [1.29, 1.82) is 0 Å². The van der Waals surface area contributed by atoms with Gasteiger partial charge in [0.15, 0.2) is 0 Å². The average molecular weight is 379 g/mol. The molecule has 5 nitrogen and oxygen atoms in total. The maximum Gasteiger partial charge on any atom is 0.285 e. The summed E-state index contributed by atoms with van der Waals surface area (Å²) in [5.41, 5.74) is 1.54. The average Bonchev–Trinajstić information content (AvgIpc) is 2.55. The monoisotopic (exact) mass is 378 g/mol. The molecule has 0 radical (unpaired) electrons. The number of nitrogens with one attached hydrogen (secondary N) is 1. The van der Waals surface area contributed by atoms with E-state index in [1.165, 1.54) is 4.90 Å². The first kappa shape index (κ1) is 19.3. The SMILES string of the molecule is CCCc1ccc(S(=O)(=O)Nc2cccc(SC(=O)N(C)C)c2)cc1. The molecule has 25 heavy (non-hydrogen) atoms. The lowest BCUT2D eigenvalue weighted by Crippen LogP contribution is -2.16. The van der Waals surface area contributed by atoms with Gasteiger partial charge in [-0.05, 0) is 54.1 Å². The van der Waals surface area contributed by atoms with E-state index in [4.69, 9.17) is 0 Å². The maximum atomic E-state index is 12.5. The summed E-state index contributed by atoms with van der Waals surface area (Å²) < 4.78 is 27.6. The third kappa shape index (κ3) is 5.51. The topological polar surface area (TPSA) is 66.5 Å². The minimum atomic E-state index is -3.66. The standard InChI is InChI=1S/C18H22N2O3S2/c1-4-6-14-9-11-17(12-10-14)25(22,23)19-15-7-5-8-16(13-15)24-18(21)20(2)3/h5,7-13,19H,4,6H2,1-3H3. The summed E-state index contributed by atoms with van der Waals surface area (Å²) in [4.78, 5) is 14.1. The Labute approximate surface area is 153 Å².